The molecule has 0 aliphatic rings. The number of rotatable bonds is 5. The number of carboxylic acids is 1. The van der Waals surface area contributed by atoms with Gasteiger partial charge < -0.3 is 14.4 Å². The van der Waals surface area contributed by atoms with Crippen molar-refractivity contribution >= 4 is 11.9 Å². The number of benzene rings is 1. The van der Waals surface area contributed by atoms with E-state index in [-0.39, 0.29) is 5.97 Å². The first-order valence-corrected chi connectivity index (χ1v) is 6.65. The van der Waals surface area contributed by atoms with Crippen LogP contribution in [0.3, 0.4) is 0 Å². The summed E-state index contributed by atoms with van der Waals surface area (Å²) in [6, 6.07) is 8.70. The molecule has 0 fully saturated rings. The maximum Gasteiger partial charge on any atom is 0.337 e. The number of carbonyl (C=O) groups is 2. The summed E-state index contributed by atoms with van der Waals surface area (Å²) in [5, 5.41) is 9.14. The van der Waals surface area contributed by atoms with Crippen LogP contribution in [0.25, 0.3) is 0 Å². The number of carbonyl (C=O) groups excluding carboxylic acids is 1. The number of aromatic carboxylic acids is 1. The van der Waals surface area contributed by atoms with Gasteiger partial charge >= 0.3 is 11.9 Å². The van der Waals surface area contributed by atoms with Gasteiger partial charge in [-0.3, -0.25) is 0 Å². The molecule has 110 valence electrons. The molecule has 0 saturated heterocycles. The highest BCUT2D eigenvalue weighted by molar-refractivity contribution is 5.89. The van der Waals surface area contributed by atoms with Crippen molar-refractivity contribution < 1.29 is 19.4 Å². The van der Waals surface area contributed by atoms with Crippen LogP contribution in [0.5, 0.6) is 0 Å². The normalized spacial score (nSPS) is 10.4. The lowest BCUT2D eigenvalue weighted by atomic mass is 10.1. The molecule has 0 atom stereocenters. The zero-order valence-electron chi connectivity index (χ0n) is 12.0. The number of hydrogen-bond donors (Lipinski definition) is 1. The molecule has 1 aromatic heterocycles. The van der Waals surface area contributed by atoms with Crippen LogP contribution in [-0.4, -0.2) is 28.7 Å². The van der Waals surface area contributed by atoms with Crippen LogP contribution in [0.2, 0.25) is 0 Å². The quantitative estimate of drug-likeness (QED) is 0.858. The number of hydrogen-bond acceptors (Lipinski definition) is 3. The van der Waals surface area contributed by atoms with E-state index in [1.54, 1.807) is 24.4 Å². The van der Waals surface area contributed by atoms with E-state index in [0.29, 0.717) is 24.1 Å². The van der Waals surface area contributed by atoms with Gasteiger partial charge in [0.15, 0.2) is 0 Å². The fourth-order valence-electron chi connectivity index (χ4n) is 2.30. The summed E-state index contributed by atoms with van der Waals surface area (Å²) in [6.45, 7) is 2.50. The van der Waals surface area contributed by atoms with Crippen molar-refractivity contribution in [1.82, 2.24) is 4.57 Å². The molecular formula is C16H17NO4. The van der Waals surface area contributed by atoms with E-state index in [4.69, 9.17) is 5.11 Å². The third kappa shape index (κ3) is 3.13. The monoisotopic (exact) mass is 287 g/mol. The third-order valence-corrected chi connectivity index (χ3v) is 3.37. The van der Waals surface area contributed by atoms with E-state index >= 15 is 0 Å². The highest BCUT2D eigenvalue weighted by atomic mass is 16.5. The van der Waals surface area contributed by atoms with Crippen molar-refractivity contribution in [3.63, 3.8) is 0 Å². The van der Waals surface area contributed by atoms with Crippen molar-refractivity contribution in [2.75, 3.05) is 7.11 Å². The first kappa shape index (κ1) is 14.8. The van der Waals surface area contributed by atoms with Crippen LogP contribution < -0.4 is 0 Å². The van der Waals surface area contributed by atoms with Crippen molar-refractivity contribution in [2.45, 2.75) is 19.9 Å². The lowest BCUT2D eigenvalue weighted by molar-refractivity contribution is 0.0599. The van der Waals surface area contributed by atoms with E-state index in [1.807, 2.05) is 23.6 Å². The Hall–Kier alpha value is -2.56. The highest BCUT2D eigenvalue weighted by Crippen LogP contribution is 2.15. The van der Waals surface area contributed by atoms with Gasteiger partial charge in [0, 0.05) is 18.4 Å². The molecule has 0 saturated carbocycles. The standard InChI is InChI=1S/C16H17NO4/c1-3-14-13(15(18)19)8-9-17(14)10-11-4-6-12(7-5-11)16(20)21-2/h4-9H,3,10H2,1-2H3,(H,18,19). The van der Waals surface area contributed by atoms with Crippen LogP contribution in [-0.2, 0) is 17.7 Å². The number of carboxylic acid groups (broad SMARTS) is 1. The van der Waals surface area contributed by atoms with Crippen molar-refractivity contribution in [2.24, 2.45) is 0 Å². The van der Waals surface area contributed by atoms with Gasteiger partial charge in [-0.2, -0.15) is 0 Å². The Balaban J connectivity index is 2.22. The number of nitrogens with zero attached hydrogens (tertiary/aromatic N) is 1. The molecular weight excluding hydrogens is 270 g/mol. The van der Waals surface area contributed by atoms with Gasteiger partial charge in [-0.1, -0.05) is 19.1 Å². The Labute approximate surface area is 122 Å². The molecule has 1 heterocycles. The second-order valence-corrected chi connectivity index (χ2v) is 4.65. The minimum absolute atomic E-state index is 0.337. The summed E-state index contributed by atoms with van der Waals surface area (Å²) in [5.74, 6) is -1.28. The van der Waals surface area contributed by atoms with Crippen LogP contribution in [0.15, 0.2) is 36.5 Å². The Bertz CT molecular complexity index is 655. The van der Waals surface area contributed by atoms with Crippen molar-refractivity contribution in [3.05, 3.63) is 58.9 Å². The Morgan fingerprint density at radius 1 is 1.19 bits per heavy atom. The average molecular weight is 287 g/mol. The Morgan fingerprint density at radius 2 is 1.86 bits per heavy atom. The molecule has 1 N–H and O–H groups in total. The molecule has 0 unspecified atom stereocenters. The molecule has 1 aromatic carbocycles. The molecule has 21 heavy (non-hydrogen) atoms. The Kier molecular flexibility index (Phi) is 4.42. The second kappa shape index (κ2) is 6.26. The van der Waals surface area contributed by atoms with Gasteiger partial charge in [0.1, 0.15) is 0 Å². The number of methoxy groups -OCH3 is 1. The van der Waals surface area contributed by atoms with Crippen LogP contribution in [0.4, 0.5) is 0 Å². The fraction of sp³-hybridized carbons (Fsp3) is 0.250. The summed E-state index contributed by atoms with van der Waals surface area (Å²) >= 11 is 0. The summed E-state index contributed by atoms with van der Waals surface area (Å²) in [6.07, 6.45) is 2.42. The van der Waals surface area contributed by atoms with E-state index in [2.05, 4.69) is 4.74 Å². The summed E-state index contributed by atoms with van der Waals surface area (Å²) in [7, 11) is 1.34. The molecule has 2 aromatic rings. The smallest absolute Gasteiger partial charge is 0.337 e. The predicted molar refractivity (Wildman–Crippen MR) is 77.7 cm³/mol. The lowest BCUT2D eigenvalue weighted by Gasteiger charge is -2.09. The first-order valence-electron chi connectivity index (χ1n) is 6.65. The van der Waals surface area contributed by atoms with Crippen molar-refractivity contribution in [3.8, 4) is 0 Å². The zero-order chi connectivity index (χ0) is 15.4. The summed E-state index contributed by atoms with van der Waals surface area (Å²) < 4.78 is 6.56. The molecule has 5 heteroatoms. The van der Waals surface area contributed by atoms with E-state index < -0.39 is 5.97 Å². The van der Waals surface area contributed by atoms with Gasteiger partial charge in [0.25, 0.3) is 0 Å². The predicted octanol–water partition coefficient (Wildman–Crippen LogP) is 2.58. The minimum atomic E-state index is -0.911. The van der Waals surface area contributed by atoms with E-state index in [9.17, 15) is 9.59 Å². The first-order chi connectivity index (χ1) is 10.1. The largest absolute Gasteiger partial charge is 0.478 e. The molecule has 0 radical (unpaired) electrons. The summed E-state index contributed by atoms with van der Waals surface area (Å²) in [5.41, 5.74) is 2.61. The third-order valence-electron chi connectivity index (χ3n) is 3.37. The SMILES string of the molecule is CCc1c(C(=O)O)ccn1Cc1ccc(C(=O)OC)cc1. The number of aromatic nitrogens is 1. The van der Waals surface area contributed by atoms with Gasteiger partial charge in [-0.15, -0.1) is 0 Å². The molecule has 5 nitrogen and oxygen atoms in total. The molecule has 0 amide bonds. The highest BCUT2D eigenvalue weighted by Gasteiger charge is 2.13. The zero-order valence-corrected chi connectivity index (χ0v) is 12.0. The van der Waals surface area contributed by atoms with Gasteiger partial charge in [-0.25, -0.2) is 9.59 Å². The van der Waals surface area contributed by atoms with Gasteiger partial charge in [-0.05, 0) is 30.2 Å². The van der Waals surface area contributed by atoms with Gasteiger partial charge in [0.2, 0.25) is 0 Å². The maximum absolute atomic E-state index is 11.4. The molecule has 0 aliphatic carbocycles. The average Bonchev–Trinajstić information content (AvgIpc) is 2.90. The topological polar surface area (TPSA) is 68.5 Å². The molecule has 2 rings (SSSR count). The Morgan fingerprint density at radius 3 is 2.38 bits per heavy atom. The van der Waals surface area contributed by atoms with Crippen LogP contribution in [0, 0.1) is 0 Å². The van der Waals surface area contributed by atoms with Crippen LogP contribution in [0.1, 0.15) is 38.9 Å². The molecule has 0 spiro atoms. The molecule has 0 bridgehead atoms. The fourth-order valence-corrected chi connectivity index (χ4v) is 2.30. The number of ether oxygens (including phenoxy) is 1. The maximum atomic E-state index is 11.4. The minimum Gasteiger partial charge on any atom is -0.478 e. The molecule has 0 aliphatic heterocycles. The van der Waals surface area contributed by atoms with E-state index in [1.165, 1.54) is 7.11 Å². The van der Waals surface area contributed by atoms with Crippen molar-refractivity contribution in [1.29, 1.82) is 0 Å². The number of esters is 1. The summed E-state index contributed by atoms with van der Waals surface area (Å²) in [4.78, 5) is 22.5. The van der Waals surface area contributed by atoms with Gasteiger partial charge in [0.05, 0.1) is 18.2 Å². The second-order valence-electron chi connectivity index (χ2n) is 4.65. The van der Waals surface area contributed by atoms with Crippen LogP contribution >= 0.6 is 0 Å². The lowest BCUT2D eigenvalue weighted by Crippen LogP contribution is -2.07. The van der Waals surface area contributed by atoms with E-state index in [0.717, 1.165) is 11.3 Å².